The Labute approximate surface area is 152 Å². The second-order valence-electron chi connectivity index (χ2n) is 6.69. The fraction of sp³-hybridized carbons (Fsp3) is 0.400. The molecule has 3 rings (SSSR count). The second-order valence-corrected chi connectivity index (χ2v) is 9.68. The zero-order valence-electron chi connectivity index (χ0n) is 14.5. The van der Waals surface area contributed by atoms with Crippen molar-refractivity contribution in [1.29, 1.82) is 0 Å². The van der Waals surface area contributed by atoms with Crippen molar-refractivity contribution in [2.45, 2.75) is 39.9 Å². The normalized spacial score (nSPS) is 33.1. The smallest absolute Gasteiger partial charge is 0.0716 e. The van der Waals surface area contributed by atoms with Crippen LogP contribution in [-0.2, 0) is 0 Å². The van der Waals surface area contributed by atoms with Crippen LogP contribution in [0.2, 0.25) is 0 Å². The number of hydrogen-bond acceptors (Lipinski definition) is 4. The van der Waals surface area contributed by atoms with E-state index in [0.717, 1.165) is 11.1 Å². The van der Waals surface area contributed by atoms with Gasteiger partial charge in [-0.05, 0) is 82.8 Å². The fourth-order valence-electron chi connectivity index (χ4n) is 3.45. The van der Waals surface area contributed by atoms with Crippen molar-refractivity contribution in [1.82, 2.24) is 0 Å². The molecule has 4 heteroatoms. The van der Waals surface area contributed by atoms with Gasteiger partial charge in [0.15, 0.2) is 0 Å². The lowest BCUT2D eigenvalue weighted by molar-refractivity contribution is -0.110. The molecule has 0 spiro atoms. The largest absolute Gasteiger partial charge is 0.392 e. The Hall–Kier alpha value is -0.940. The van der Waals surface area contributed by atoms with Crippen LogP contribution in [0, 0.1) is 11.8 Å². The summed E-state index contributed by atoms with van der Waals surface area (Å²) in [5.74, 6) is -0.405. The average Bonchev–Trinajstić information content (AvgIpc) is 2.48. The summed E-state index contributed by atoms with van der Waals surface area (Å²) in [7, 11) is 0. The monoisotopic (exact) mass is 360 g/mol. The lowest BCUT2D eigenvalue weighted by atomic mass is 9.67. The van der Waals surface area contributed by atoms with E-state index in [9.17, 15) is 10.2 Å². The van der Waals surface area contributed by atoms with Gasteiger partial charge < -0.3 is 10.2 Å². The molecule has 0 radical (unpaired) electrons. The van der Waals surface area contributed by atoms with E-state index in [0.29, 0.717) is 0 Å². The molecule has 3 aliphatic rings. The molecule has 2 aliphatic heterocycles. The van der Waals surface area contributed by atoms with Gasteiger partial charge in [-0.25, -0.2) is 0 Å². The predicted octanol–water partition coefficient (Wildman–Crippen LogP) is 4.92. The van der Waals surface area contributed by atoms with Crippen LogP contribution in [0.15, 0.2) is 67.2 Å². The highest BCUT2D eigenvalue weighted by Crippen LogP contribution is 2.41. The average molecular weight is 361 g/mol. The number of hydrogen-bond donors (Lipinski definition) is 2. The third-order valence-corrected chi connectivity index (χ3v) is 6.23. The van der Waals surface area contributed by atoms with Gasteiger partial charge in [0.1, 0.15) is 0 Å². The molecule has 128 valence electrons. The van der Waals surface area contributed by atoms with Gasteiger partial charge in [0.25, 0.3) is 0 Å². The molecule has 0 amide bonds. The first kappa shape index (κ1) is 17.9. The van der Waals surface area contributed by atoms with Gasteiger partial charge in [0.05, 0.1) is 12.2 Å². The summed E-state index contributed by atoms with van der Waals surface area (Å²) in [6.45, 7) is 8.33. The molecule has 0 bridgehead atoms. The molecule has 0 aromatic carbocycles. The van der Waals surface area contributed by atoms with E-state index in [1.165, 1.54) is 19.6 Å². The molecule has 2 nitrogen and oxygen atoms in total. The van der Waals surface area contributed by atoms with Crippen molar-refractivity contribution < 1.29 is 10.2 Å². The molecule has 1 saturated carbocycles. The van der Waals surface area contributed by atoms with E-state index in [1.54, 1.807) is 23.5 Å². The number of aliphatic hydroxyl groups is 2. The molecule has 0 aromatic rings. The molecule has 1 fully saturated rings. The Kier molecular flexibility index (Phi) is 5.30. The maximum atomic E-state index is 10.5. The first-order valence-corrected chi connectivity index (χ1v) is 9.85. The van der Waals surface area contributed by atoms with E-state index >= 15 is 0 Å². The lowest BCUT2D eigenvalue weighted by Gasteiger charge is -2.44. The topological polar surface area (TPSA) is 40.5 Å². The van der Waals surface area contributed by atoms with Gasteiger partial charge in [-0.1, -0.05) is 35.7 Å². The lowest BCUT2D eigenvalue weighted by Crippen LogP contribution is -2.53. The second kappa shape index (κ2) is 7.12. The number of rotatable bonds is 2. The van der Waals surface area contributed by atoms with Crippen LogP contribution in [0.25, 0.3) is 0 Å². The zero-order chi connectivity index (χ0) is 17.4. The molecule has 2 N–H and O–H groups in total. The number of aliphatic hydroxyl groups excluding tert-OH is 2. The van der Waals surface area contributed by atoms with Crippen molar-refractivity contribution in [2.75, 3.05) is 0 Å². The van der Waals surface area contributed by atoms with Crippen molar-refractivity contribution in [3.63, 3.8) is 0 Å². The van der Waals surface area contributed by atoms with E-state index in [1.807, 2.05) is 12.2 Å². The minimum atomic E-state index is -0.533. The van der Waals surface area contributed by atoms with Crippen LogP contribution in [-0.4, -0.2) is 22.4 Å². The van der Waals surface area contributed by atoms with E-state index in [4.69, 9.17) is 0 Å². The van der Waals surface area contributed by atoms with Crippen LogP contribution in [0.3, 0.4) is 0 Å². The van der Waals surface area contributed by atoms with Crippen LogP contribution in [0.1, 0.15) is 27.7 Å². The Bertz CT molecular complexity index is 612. The van der Waals surface area contributed by atoms with E-state index < -0.39 is 12.2 Å². The molecule has 0 saturated heterocycles. The minimum absolute atomic E-state index is 0.203. The summed E-state index contributed by atoms with van der Waals surface area (Å²) in [6, 6.07) is 0. The Morgan fingerprint density at radius 1 is 0.667 bits per heavy atom. The third kappa shape index (κ3) is 3.83. The molecule has 0 aromatic heterocycles. The fourth-order valence-corrected chi connectivity index (χ4v) is 5.25. The summed E-state index contributed by atoms with van der Waals surface area (Å²) in [5.41, 5.74) is 2.16. The summed E-state index contributed by atoms with van der Waals surface area (Å²) >= 11 is 3.51. The van der Waals surface area contributed by atoms with Gasteiger partial charge in [-0.3, -0.25) is 0 Å². The molecule has 24 heavy (non-hydrogen) atoms. The van der Waals surface area contributed by atoms with Gasteiger partial charge in [-0.15, -0.1) is 0 Å². The van der Waals surface area contributed by atoms with Gasteiger partial charge in [-0.2, -0.15) is 0 Å². The summed E-state index contributed by atoms with van der Waals surface area (Å²) in [4.78, 5) is 4.96. The van der Waals surface area contributed by atoms with Crippen molar-refractivity contribution in [2.24, 2.45) is 11.8 Å². The molecule has 0 unspecified atom stereocenters. The quantitative estimate of drug-likeness (QED) is 0.734. The SMILES string of the molecule is CC1=CC(=CC2C(O)C(C=C3C=C(C)SC(C)=C3)C2O)C=C(C)S1. The van der Waals surface area contributed by atoms with E-state index in [2.05, 4.69) is 52.0 Å². The minimum Gasteiger partial charge on any atom is -0.392 e. The molecule has 2 heterocycles. The first-order valence-electron chi connectivity index (χ1n) is 8.22. The van der Waals surface area contributed by atoms with Crippen molar-refractivity contribution in [3.05, 3.63) is 67.2 Å². The van der Waals surface area contributed by atoms with Gasteiger partial charge >= 0.3 is 0 Å². The summed E-state index contributed by atoms with van der Waals surface area (Å²) < 4.78 is 0. The molecule has 0 atom stereocenters. The first-order chi connectivity index (χ1) is 11.3. The number of thioether (sulfide) groups is 2. The van der Waals surface area contributed by atoms with Crippen LogP contribution < -0.4 is 0 Å². The highest BCUT2D eigenvalue weighted by molar-refractivity contribution is 8.06. The van der Waals surface area contributed by atoms with Crippen molar-refractivity contribution >= 4 is 23.5 Å². The highest BCUT2D eigenvalue weighted by atomic mass is 32.2. The standard InChI is InChI=1S/C20H24O2S2/c1-11-5-15(6-12(2)23-11)9-17-19(21)18(20(17)22)10-16-7-13(3)24-14(4)8-16/h5-10,17-22H,1-4H3. The molecular formula is C20H24O2S2. The zero-order valence-corrected chi connectivity index (χ0v) is 16.1. The summed E-state index contributed by atoms with van der Waals surface area (Å²) in [5, 5.41) is 21.0. The van der Waals surface area contributed by atoms with Gasteiger partial charge in [0.2, 0.25) is 0 Å². The Morgan fingerprint density at radius 3 is 1.25 bits per heavy atom. The maximum absolute atomic E-state index is 10.5. The van der Waals surface area contributed by atoms with Gasteiger partial charge in [0, 0.05) is 11.8 Å². The third-order valence-electron chi connectivity index (χ3n) is 4.47. The molecular weight excluding hydrogens is 336 g/mol. The molecule has 1 aliphatic carbocycles. The van der Waals surface area contributed by atoms with Crippen LogP contribution in [0.5, 0.6) is 0 Å². The Balaban J connectivity index is 1.76. The van der Waals surface area contributed by atoms with Crippen LogP contribution >= 0.6 is 23.5 Å². The van der Waals surface area contributed by atoms with Crippen LogP contribution in [0.4, 0.5) is 0 Å². The number of allylic oxidation sites excluding steroid dienone is 10. The maximum Gasteiger partial charge on any atom is 0.0716 e. The van der Waals surface area contributed by atoms with E-state index in [-0.39, 0.29) is 11.8 Å². The highest BCUT2D eigenvalue weighted by Gasteiger charge is 2.46. The summed E-state index contributed by atoms with van der Waals surface area (Å²) in [6.07, 6.45) is 11.4. The predicted molar refractivity (Wildman–Crippen MR) is 105 cm³/mol. The van der Waals surface area contributed by atoms with Crippen molar-refractivity contribution in [3.8, 4) is 0 Å². The Morgan fingerprint density at radius 2 is 0.958 bits per heavy atom.